The zero-order valence-corrected chi connectivity index (χ0v) is 19.2. The minimum Gasteiger partial charge on any atom is -0.497 e. The molecule has 0 fully saturated rings. The van der Waals surface area contributed by atoms with Crippen LogP contribution >= 0.6 is 12.4 Å². The van der Waals surface area contributed by atoms with Crippen molar-refractivity contribution < 1.29 is 14.3 Å². The molecule has 30 heavy (non-hydrogen) atoms. The third kappa shape index (κ3) is 6.48. The van der Waals surface area contributed by atoms with Gasteiger partial charge in [-0.05, 0) is 87.5 Å². The van der Waals surface area contributed by atoms with Crippen molar-refractivity contribution in [1.29, 1.82) is 0 Å². The summed E-state index contributed by atoms with van der Waals surface area (Å²) in [6.45, 7) is 6.84. The summed E-state index contributed by atoms with van der Waals surface area (Å²) in [7, 11) is 1.73. The molecule has 0 aromatic heterocycles. The Morgan fingerprint density at radius 3 is 2.57 bits per heavy atom. The zero-order valence-electron chi connectivity index (χ0n) is 18.4. The number of rotatable bonds is 9. The number of nitrogens with zero attached hydrogens (tertiary/aromatic N) is 1. The van der Waals surface area contributed by atoms with Gasteiger partial charge in [0.15, 0.2) is 0 Å². The van der Waals surface area contributed by atoms with Gasteiger partial charge >= 0.3 is 5.97 Å². The van der Waals surface area contributed by atoms with E-state index in [0.29, 0.717) is 18.2 Å². The molecule has 3 rings (SSSR count). The summed E-state index contributed by atoms with van der Waals surface area (Å²) in [4.78, 5) is 14.7. The monoisotopic (exact) mass is 431 g/mol. The number of halogens is 1. The highest BCUT2D eigenvalue weighted by Crippen LogP contribution is 2.28. The number of carbonyl (C=O) groups is 1. The van der Waals surface area contributed by atoms with E-state index in [0.717, 1.165) is 50.1 Å². The molecule has 0 bridgehead atoms. The van der Waals surface area contributed by atoms with Crippen molar-refractivity contribution in [2.24, 2.45) is 0 Å². The average molecular weight is 432 g/mol. The molecule has 0 amide bonds. The Labute approximate surface area is 187 Å². The largest absolute Gasteiger partial charge is 0.497 e. The summed E-state index contributed by atoms with van der Waals surface area (Å²) >= 11 is 0. The summed E-state index contributed by atoms with van der Waals surface area (Å²) in [5, 5.41) is 0. The highest BCUT2D eigenvalue weighted by atomic mass is 35.5. The Morgan fingerprint density at radius 1 is 1.10 bits per heavy atom. The first-order valence-corrected chi connectivity index (χ1v) is 10.7. The van der Waals surface area contributed by atoms with Crippen LogP contribution in [0, 0.1) is 6.92 Å². The first-order chi connectivity index (χ1) is 14.1. The van der Waals surface area contributed by atoms with Crippen LogP contribution < -0.4 is 4.74 Å². The van der Waals surface area contributed by atoms with Gasteiger partial charge in [-0.25, -0.2) is 4.79 Å². The maximum atomic E-state index is 12.1. The van der Waals surface area contributed by atoms with Crippen LogP contribution in [-0.2, 0) is 17.6 Å². The second-order valence-electron chi connectivity index (χ2n) is 7.87. The molecular formula is C25H34ClNO3. The van der Waals surface area contributed by atoms with Gasteiger partial charge in [-0.15, -0.1) is 12.4 Å². The number of fused-ring (bicyclic) bond motifs is 1. The lowest BCUT2D eigenvalue weighted by molar-refractivity contribution is 0.0492. The van der Waals surface area contributed by atoms with Crippen molar-refractivity contribution in [1.82, 2.24) is 4.90 Å². The van der Waals surface area contributed by atoms with Crippen LogP contribution in [-0.4, -0.2) is 43.7 Å². The van der Waals surface area contributed by atoms with Gasteiger partial charge in [0.05, 0.1) is 19.3 Å². The van der Waals surface area contributed by atoms with Crippen molar-refractivity contribution in [2.75, 3.05) is 26.8 Å². The van der Waals surface area contributed by atoms with E-state index in [1.165, 1.54) is 17.5 Å². The van der Waals surface area contributed by atoms with Gasteiger partial charge in [0.2, 0.25) is 0 Å². The fourth-order valence-electron chi connectivity index (χ4n) is 4.10. The molecule has 0 N–H and O–H groups in total. The van der Waals surface area contributed by atoms with E-state index in [4.69, 9.17) is 9.47 Å². The average Bonchev–Trinajstić information content (AvgIpc) is 2.76. The Hall–Kier alpha value is -2.04. The van der Waals surface area contributed by atoms with E-state index in [1.807, 2.05) is 31.2 Å². The number of carbonyl (C=O) groups excluding carboxylic acids is 1. The number of aryl methyl sites for hydroxylation is 2. The molecule has 0 heterocycles. The predicted molar refractivity (Wildman–Crippen MR) is 124 cm³/mol. The fourth-order valence-corrected chi connectivity index (χ4v) is 4.10. The lowest BCUT2D eigenvalue weighted by Crippen LogP contribution is -2.39. The number of methoxy groups -OCH3 is 1. The molecule has 1 aliphatic rings. The van der Waals surface area contributed by atoms with Crippen molar-refractivity contribution in [3.63, 3.8) is 0 Å². The number of ether oxygens (including phenoxy) is 2. The Balaban J connectivity index is 0.00000320. The van der Waals surface area contributed by atoms with Crippen LogP contribution in [0.25, 0.3) is 0 Å². The van der Waals surface area contributed by atoms with Gasteiger partial charge in [-0.1, -0.05) is 30.7 Å². The van der Waals surface area contributed by atoms with Crippen LogP contribution in [0.2, 0.25) is 0 Å². The summed E-state index contributed by atoms with van der Waals surface area (Å²) in [6.07, 6.45) is 5.35. The third-order valence-electron chi connectivity index (χ3n) is 5.90. The van der Waals surface area contributed by atoms with E-state index in [-0.39, 0.29) is 18.4 Å². The van der Waals surface area contributed by atoms with Gasteiger partial charge in [0.1, 0.15) is 5.75 Å². The van der Waals surface area contributed by atoms with E-state index in [2.05, 4.69) is 30.0 Å². The normalized spacial score (nSPS) is 15.3. The Morgan fingerprint density at radius 2 is 1.87 bits per heavy atom. The molecule has 0 saturated carbocycles. The molecule has 1 atom stereocenters. The molecule has 0 saturated heterocycles. The Bertz CT molecular complexity index is 807. The summed E-state index contributed by atoms with van der Waals surface area (Å²) in [5.41, 5.74) is 4.65. The number of likely N-dealkylation sites (N-methyl/N-ethyl adjacent to an activating group) is 1. The fraction of sp³-hybridized carbons (Fsp3) is 0.480. The van der Waals surface area contributed by atoms with E-state index >= 15 is 0 Å². The molecule has 5 heteroatoms. The number of benzene rings is 2. The highest BCUT2D eigenvalue weighted by molar-refractivity contribution is 5.89. The second kappa shape index (κ2) is 12.0. The molecule has 164 valence electrons. The van der Waals surface area contributed by atoms with Gasteiger partial charge in [-0.3, -0.25) is 0 Å². The molecule has 0 radical (unpaired) electrons. The van der Waals surface area contributed by atoms with Gasteiger partial charge in [0.25, 0.3) is 0 Å². The van der Waals surface area contributed by atoms with Crippen molar-refractivity contribution in [3.05, 3.63) is 64.7 Å². The quantitative estimate of drug-likeness (QED) is 0.402. The molecular weight excluding hydrogens is 398 g/mol. The molecule has 2 aromatic carbocycles. The topological polar surface area (TPSA) is 38.8 Å². The van der Waals surface area contributed by atoms with Gasteiger partial charge in [0, 0.05) is 6.04 Å². The standard InChI is InChI=1S/C25H33NO3.ClH/c1-4-26(23-13-11-22-18-24(28-3)14-12-21(22)17-23)15-5-6-16-29-25(27)20-9-7-19(2)8-10-20;/h7-10,12,14,18,23H,4-6,11,13,15-17H2,1-3H3;1H. The summed E-state index contributed by atoms with van der Waals surface area (Å²) in [5.74, 6) is 0.728. The van der Waals surface area contributed by atoms with Crippen LogP contribution in [0.5, 0.6) is 5.75 Å². The third-order valence-corrected chi connectivity index (χ3v) is 5.90. The molecule has 4 nitrogen and oxygen atoms in total. The van der Waals surface area contributed by atoms with Crippen molar-refractivity contribution in [2.45, 2.75) is 52.0 Å². The molecule has 1 unspecified atom stereocenters. The minimum atomic E-state index is -0.225. The highest BCUT2D eigenvalue weighted by Gasteiger charge is 2.23. The molecule has 0 aliphatic heterocycles. The number of unbranched alkanes of at least 4 members (excludes halogenated alkanes) is 1. The first-order valence-electron chi connectivity index (χ1n) is 10.7. The van der Waals surface area contributed by atoms with Gasteiger partial charge in [-0.2, -0.15) is 0 Å². The first kappa shape index (κ1) is 24.2. The molecule has 0 spiro atoms. The maximum absolute atomic E-state index is 12.1. The van der Waals surface area contributed by atoms with Gasteiger partial charge < -0.3 is 14.4 Å². The van der Waals surface area contributed by atoms with Crippen LogP contribution in [0.1, 0.15) is 53.2 Å². The Kier molecular flexibility index (Phi) is 9.67. The zero-order chi connectivity index (χ0) is 20.6. The summed E-state index contributed by atoms with van der Waals surface area (Å²) < 4.78 is 10.8. The smallest absolute Gasteiger partial charge is 0.338 e. The number of hydrogen-bond donors (Lipinski definition) is 0. The maximum Gasteiger partial charge on any atom is 0.338 e. The lowest BCUT2D eigenvalue weighted by Gasteiger charge is -2.34. The van der Waals surface area contributed by atoms with Crippen LogP contribution in [0.15, 0.2) is 42.5 Å². The van der Waals surface area contributed by atoms with Crippen molar-refractivity contribution >= 4 is 18.4 Å². The summed E-state index contributed by atoms with van der Waals surface area (Å²) in [6, 6.07) is 14.6. The van der Waals surface area contributed by atoms with E-state index < -0.39 is 0 Å². The SMILES string of the molecule is CCN(CCCCOC(=O)c1ccc(C)cc1)C1CCc2cc(OC)ccc2C1.Cl. The van der Waals surface area contributed by atoms with E-state index in [9.17, 15) is 4.79 Å². The number of hydrogen-bond acceptors (Lipinski definition) is 4. The second-order valence-corrected chi connectivity index (χ2v) is 7.87. The lowest BCUT2D eigenvalue weighted by atomic mass is 9.87. The minimum absolute atomic E-state index is 0. The van der Waals surface area contributed by atoms with Crippen LogP contribution in [0.3, 0.4) is 0 Å². The van der Waals surface area contributed by atoms with E-state index in [1.54, 1.807) is 7.11 Å². The van der Waals surface area contributed by atoms with Crippen LogP contribution in [0.4, 0.5) is 0 Å². The van der Waals surface area contributed by atoms with Crippen molar-refractivity contribution in [3.8, 4) is 5.75 Å². The molecule has 1 aliphatic carbocycles. The predicted octanol–water partition coefficient (Wildman–Crippen LogP) is 5.24. The number of esters is 1. The molecule has 2 aromatic rings.